The molecule has 0 radical (unpaired) electrons. The quantitative estimate of drug-likeness (QED) is 0.847. The molecule has 0 saturated carbocycles. The minimum Gasteiger partial charge on any atom is -0.382 e. The van der Waals surface area contributed by atoms with E-state index >= 15 is 0 Å². The normalized spacial score (nSPS) is 13.4. The summed E-state index contributed by atoms with van der Waals surface area (Å²) in [6.45, 7) is 1.69. The maximum Gasteiger partial charge on any atom is 0.416 e. The number of aliphatic hydroxyl groups is 1. The van der Waals surface area contributed by atoms with Gasteiger partial charge < -0.3 is 15.0 Å². The molecule has 0 saturated heterocycles. The zero-order valence-electron chi connectivity index (χ0n) is 9.87. The first-order chi connectivity index (χ1) is 8.36. The lowest BCUT2D eigenvalue weighted by atomic mass is 10.3. The number of nitrogens with one attached hydrogen (secondary N) is 1. The molecule has 0 aromatic carbocycles. The van der Waals surface area contributed by atoms with Crippen molar-refractivity contribution in [1.82, 2.24) is 9.88 Å². The van der Waals surface area contributed by atoms with E-state index in [4.69, 9.17) is 5.11 Å². The number of halogens is 3. The van der Waals surface area contributed by atoms with Crippen molar-refractivity contribution < 1.29 is 23.1 Å². The smallest absolute Gasteiger partial charge is 0.382 e. The molecule has 102 valence electrons. The Hall–Kier alpha value is -1.50. The summed E-state index contributed by atoms with van der Waals surface area (Å²) in [6.07, 6.45) is -4.78. The topological polar surface area (TPSA) is 54.3 Å². The fraction of sp³-hybridized carbons (Fsp3) is 0.545. The van der Waals surface area contributed by atoms with Gasteiger partial charge >= 0.3 is 6.18 Å². The molecular formula is C11H15F3N2O2. The highest BCUT2D eigenvalue weighted by Gasteiger charge is 2.38. The number of carbonyl (C=O) groups is 1. The Balaban J connectivity index is 2.58. The number of alkyl halides is 3. The lowest BCUT2D eigenvalue weighted by molar-refractivity contribution is -0.201. The van der Waals surface area contributed by atoms with Gasteiger partial charge in [-0.05, 0) is 18.6 Å². The van der Waals surface area contributed by atoms with Gasteiger partial charge in [0.05, 0.1) is 6.54 Å². The maximum absolute atomic E-state index is 12.0. The Kier molecular flexibility index (Phi) is 4.77. The third-order valence-corrected chi connectivity index (χ3v) is 2.36. The van der Waals surface area contributed by atoms with E-state index in [1.165, 1.54) is 6.07 Å². The lowest BCUT2D eigenvalue weighted by Gasteiger charge is -2.15. The fourth-order valence-electron chi connectivity index (χ4n) is 1.45. The van der Waals surface area contributed by atoms with Crippen molar-refractivity contribution in [3.05, 3.63) is 24.0 Å². The molecule has 0 aliphatic carbocycles. The van der Waals surface area contributed by atoms with E-state index < -0.39 is 24.7 Å². The van der Waals surface area contributed by atoms with E-state index in [0.29, 0.717) is 6.54 Å². The van der Waals surface area contributed by atoms with Gasteiger partial charge in [-0.2, -0.15) is 13.2 Å². The van der Waals surface area contributed by atoms with E-state index in [1.54, 1.807) is 16.8 Å². The number of amides is 1. The summed E-state index contributed by atoms with van der Waals surface area (Å²) in [7, 11) is 0. The van der Waals surface area contributed by atoms with Crippen molar-refractivity contribution in [2.45, 2.75) is 32.2 Å². The number of aromatic nitrogens is 1. The molecule has 0 aliphatic heterocycles. The minimum atomic E-state index is -4.72. The van der Waals surface area contributed by atoms with Gasteiger partial charge in [-0.15, -0.1) is 0 Å². The summed E-state index contributed by atoms with van der Waals surface area (Å²) in [5.41, 5.74) is 0.284. The van der Waals surface area contributed by atoms with Crippen LogP contribution in [-0.4, -0.2) is 34.4 Å². The Labute approximate surface area is 102 Å². The van der Waals surface area contributed by atoms with Crippen LogP contribution in [0.5, 0.6) is 0 Å². The van der Waals surface area contributed by atoms with Crippen molar-refractivity contribution in [2.24, 2.45) is 0 Å². The van der Waals surface area contributed by atoms with Gasteiger partial charge in [0.1, 0.15) is 5.69 Å². The second-order valence-electron chi connectivity index (χ2n) is 3.85. The van der Waals surface area contributed by atoms with Crippen LogP contribution in [0.25, 0.3) is 0 Å². The molecule has 1 aromatic rings. The Morgan fingerprint density at radius 1 is 1.56 bits per heavy atom. The molecule has 0 aliphatic rings. The average molecular weight is 264 g/mol. The molecule has 0 bridgehead atoms. The lowest BCUT2D eigenvalue weighted by Crippen LogP contribution is -2.41. The molecule has 1 aromatic heterocycles. The number of hydrogen-bond acceptors (Lipinski definition) is 2. The number of rotatable bonds is 5. The summed E-state index contributed by atoms with van der Waals surface area (Å²) < 4.78 is 37.8. The van der Waals surface area contributed by atoms with Crippen LogP contribution in [0.1, 0.15) is 23.8 Å². The summed E-state index contributed by atoms with van der Waals surface area (Å²) in [5.74, 6) is -0.628. The number of hydrogen-bond donors (Lipinski definition) is 2. The predicted molar refractivity (Wildman–Crippen MR) is 59.1 cm³/mol. The van der Waals surface area contributed by atoms with Crippen LogP contribution in [0.2, 0.25) is 0 Å². The number of aryl methyl sites for hydroxylation is 1. The van der Waals surface area contributed by atoms with Gasteiger partial charge in [-0.3, -0.25) is 4.79 Å². The first-order valence-electron chi connectivity index (χ1n) is 5.54. The molecule has 4 nitrogen and oxygen atoms in total. The molecule has 18 heavy (non-hydrogen) atoms. The van der Waals surface area contributed by atoms with Crippen LogP contribution < -0.4 is 5.32 Å². The molecule has 1 unspecified atom stereocenters. The van der Waals surface area contributed by atoms with E-state index in [0.717, 1.165) is 6.42 Å². The third-order valence-electron chi connectivity index (χ3n) is 2.36. The van der Waals surface area contributed by atoms with Gasteiger partial charge in [0.15, 0.2) is 6.10 Å². The average Bonchev–Trinajstić information content (AvgIpc) is 2.72. The Morgan fingerprint density at radius 3 is 2.78 bits per heavy atom. The molecule has 1 atom stereocenters. The zero-order chi connectivity index (χ0) is 13.8. The molecule has 1 rings (SSSR count). The van der Waals surface area contributed by atoms with Gasteiger partial charge in [0, 0.05) is 12.7 Å². The van der Waals surface area contributed by atoms with E-state index in [1.807, 2.05) is 6.92 Å². The van der Waals surface area contributed by atoms with Gasteiger partial charge in [0.2, 0.25) is 0 Å². The molecule has 0 spiro atoms. The molecule has 1 heterocycles. The fourth-order valence-corrected chi connectivity index (χ4v) is 1.45. The highest BCUT2D eigenvalue weighted by Crippen LogP contribution is 2.19. The minimum absolute atomic E-state index is 0.284. The Bertz CT molecular complexity index is 401. The largest absolute Gasteiger partial charge is 0.416 e. The van der Waals surface area contributed by atoms with Gasteiger partial charge in [-0.1, -0.05) is 6.92 Å². The molecular weight excluding hydrogens is 249 g/mol. The van der Waals surface area contributed by atoms with Crippen LogP contribution >= 0.6 is 0 Å². The summed E-state index contributed by atoms with van der Waals surface area (Å²) in [5, 5.41) is 10.8. The Morgan fingerprint density at radius 2 is 2.22 bits per heavy atom. The van der Waals surface area contributed by atoms with Crippen molar-refractivity contribution in [2.75, 3.05) is 6.54 Å². The summed E-state index contributed by atoms with van der Waals surface area (Å²) >= 11 is 0. The molecule has 2 N–H and O–H groups in total. The molecule has 0 fully saturated rings. The highest BCUT2D eigenvalue weighted by molar-refractivity contribution is 5.92. The first-order valence-corrected chi connectivity index (χ1v) is 5.54. The number of nitrogens with zero attached hydrogens (tertiary/aromatic N) is 1. The van der Waals surface area contributed by atoms with Crippen LogP contribution in [-0.2, 0) is 6.54 Å². The summed E-state index contributed by atoms with van der Waals surface area (Å²) in [4.78, 5) is 11.6. The molecule has 1 amide bonds. The van der Waals surface area contributed by atoms with Crippen LogP contribution in [0.15, 0.2) is 18.3 Å². The summed E-state index contributed by atoms with van der Waals surface area (Å²) in [6, 6.07) is 3.16. The molecule has 7 heteroatoms. The van der Waals surface area contributed by atoms with Gasteiger partial charge in [-0.25, -0.2) is 0 Å². The van der Waals surface area contributed by atoms with Gasteiger partial charge in [0.25, 0.3) is 5.91 Å². The number of carbonyl (C=O) groups excluding carboxylic acids is 1. The van der Waals surface area contributed by atoms with Crippen molar-refractivity contribution in [3.63, 3.8) is 0 Å². The highest BCUT2D eigenvalue weighted by atomic mass is 19.4. The number of aliphatic hydroxyl groups excluding tert-OH is 1. The van der Waals surface area contributed by atoms with Crippen LogP contribution in [0.4, 0.5) is 13.2 Å². The van der Waals surface area contributed by atoms with E-state index in [9.17, 15) is 18.0 Å². The van der Waals surface area contributed by atoms with Crippen LogP contribution in [0, 0.1) is 0 Å². The van der Waals surface area contributed by atoms with Crippen LogP contribution in [0.3, 0.4) is 0 Å². The van der Waals surface area contributed by atoms with Crippen molar-refractivity contribution in [1.29, 1.82) is 0 Å². The zero-order valence-corrected chi connectivity index (χ0v) is 9.87. The van der Waals surface area contributed by atoms with Crippen molar-refractivity contribution in [3.8, 4) is 0 Å². The van der Waals surface area contributed by atoms with Crippen molar-refractivity contribution >= 4 is 5.91 Å². The second kappa shape index (κ2) is 5.90. The van der Waals surface area contributed by atoms with E-state index in [-0.39, 0.29) is 5.69 Å². The van der Waals surface area contributed by atoms with E-state index in [2.05, 4.69) is 5.32 Å². The standard InChI is InChI=1S/C11H15F3N2O2/c1-2-5-16-6-3-4-8(16)10(18)15-7-9(17)11(12,13)14/h3-4,6,9,17H,2,5,7H2,1H3,(H,15,18). The monoisotopic (exact) mass is 264 g/mol. The predicted octanol–water partition coefficient (Wildman–Crippen LogP) is 1.55. The second-order valence-corrected chi connectivity index (χ2v) is 3.85. The maximum atomic E-state index is 12.0. The first kappa shape index (κ1) is 14.6. The third kappa shape index (κ3) is 3.76. The SMILES string of the molecule is CCCn1cccc1C(=O)NCC(O)C(F)(F)F.